The van der Waals surface area contributed by atoms with Gasteiger partial charge in [0, 0.05) is 4.75 Å². The molecule has 0 aliphatic heterocycles. The first-order valence-electron chi connectivity index (χ1n) is 5.55. The van der Waals surface area contributed by atoms with E-state index in [1.807, 2.05) is 0 Å². The van der Waals surface area contributed by atoms with Crippen LogP contribution in [0.5, 0.6) is 0 Å². The summed E-state index contributed by atoms with van der Waals surface area (Å²) in [4.78, 5) is 0. The van der Waals surface area contributed by atoms with E-state index in [2.05, 4.69) is 34.6 Å². The van der Waals surface area contributed by atoms with Gasteiger partial charge in [-0.25, -0.2) is 0 Å². The van der Waals surface area contributed by atoms with Crippen LogP contribution in [0.1, 0.15) is 66.7 Å². The molecule has 80 valence electrons. The number of hydrogen-bond acceptors (Lipinski definition) is 1. The first-order valence-corrected chi connectivity index (χ1v) is 6.00. The summed E-state index contributed by atoms with van der Waals surface area (Å²) >= 11 is 4.72. The lowest BCUT2D eigenvalue weighted by molar-refractivity contribution is 0.294. The molecule has 0 radical (unpaired) electrons. The highest BCUT2D eigenvalue weighted by Gasteiger charge is 2.22. The Labute approximate surface area is 89.9 Å². The minimum atomic E-state index is 0.251. The van der Waals surface area contributed by atoms with Gasteiger partial charge in [0.25, 0.3) is 0 Å². The third kappa shape index (κ3) is 6.42. The normalized spacial score (nSPS) is 17.1. The second-order valence-electron chi connectivity index (χ2n) is 5.26. The van der Waals surface area contributed by atoms with Crippen molar-refractivity contribution < 1.29 is 0 Å². The van der Waals surface area contributed by atoms with Crippen molar-refractivity contribution in [3.8, 4) is 0 Å². The maximum atomic E-state index is 4.72. The van der Waals surface area contributed by atoms with Gasteiger partial charge in [-0.05, 0) is 24.7 Å². The lowest BCUT2D eigenvalue weighted by Crippen LogP contribution is -2.20. The van der Waals surface area contributed by atoms with E-state index in [0.717, 1.165) is 0 Å². The minimum Gasteiger partial charge on any atom is -0.173 e. The molecule has 1 heteroatoms. The molecule has 1 unspecified atom stereocenters. The van der Waals surface area contributed by atoms with Crippen molar-refractivity contribution in [1.82, 2.24) is 0 Å². The molecule has 0 amide bonds. The second kappa shape index (κ2) is 5.29. The van der Waals surface area contributed by atoms with Gasteiger partial charge in [-0.2, -0.15) is 12.6 Å². The van der Waals surface area contributed by atoms with Crippen molar-refractivity contribution in [2.24, 2.45) is 5.41 Å². The summed E-state index contributed by atoms with van der Waals surface area (Å²) in [7, 11) is 0. The van der Waals surface area contributed by atoms with Crippen LogP contribution in [0.3, 0.4) is 0 Å². The van der Waals surface area contributed by atoms with Crippen LogP contribution in [0, 0.1) is 5.41 Å². The van der Waals surface area contributed by atoms with Crippen molar-refractivity contribution in [2.45, 2.75) is 71.5 Å². The standard InChI is InChI=1S/C12H26S/c1-6-8-12(5,13)10-9-11(3,4)7-2/h13H,6-10H2,1-5H3. The van der Waals surface area contributed by atoms with Crippen molar-refractivity contribution in [1.29, 1.82) is 0 Å². The fourth-order valence-electron chi connectivity index (χ4n) is 1.45. The Morgan fingerprint density at radius 3 is 1.85 bits per heavy atom. The van der Waals surface area contributed by atoms with Gasteiger partial charge in [-0.15, -0.1) is 0 Å². The third-order valence-corrected chi connectivity index (χ3v) is 3.53. The summed E-state index contributed by atoms with van der Waals surface area (Å²) in [5.41, 5.74) is 0.498. The molecule has 0 nitrogen and oxygen atoms in total. The maximum absolute atomic E-state index is 4.72. The Bertz CT molecular complexity index is 136. The van der Waals surface area contributed by atoms with E-state index in [4.69, 9.17) is 12.6 Å². The molecule has 0 N–H and O–H groups in total. The van der Waals surface area contributed by atoms with Crippen LogP contribution >= 0.6 is 12.6 Å². The topological polar surface area (TPSA) is 0 Å². The SMILES string of the molecule is CCCC(C)(S)CCC(C)(C)CC. The van der Waals surface area contributed by atoms with Gasteiger partial charge in [-0.1, -0.05) is 47.5 Å². The fourth-order valence-corrected chi connectivity index (χ4v) is 1.78. The molecular weight excluding hydrogens is 176 g/mol. The average Bonchev–Trinajstić information content (AvgIpc) is 2.02. The molecule has 0 rings (SSSR count). The summed E-state index contributed by atoms with van der Waals surface area (Å²) in [6, 6.07) is 0. The lowest BCUT2D eigenvalue weighted by atomic mass is 9.82. The van der Waals surface area contributed by atoms with Crippen LogP contribution < -0.4 is 0 Å². The zero-order valence-corrected chi connectivity index (χ0v) is 10.9. The molecule has 0 bridgehead atoms. The molecule has 13 heavy (non-hydrogen) atoms. The Kier molecular flexibility index (Phi) is 5.43. The van der Waals surface area contributed by atoms with Gasteiger partial charge in [0.15, 0.2) is 0 Å². The molecule has 0 aromatic rings. The first-order chi connectivity index (χ1) is 5.83. The van der Waals surface area contributed by atoms with Crippen molar-refractivity contribution in [2.75, 3.05) is 0 Å². The summed E-state index contributed by atoms with van der Waals surface area (Å²) in [5, 5.41) is 0. The van der Waals surface area contributed by atoms with Gasteiger partial charge in [0.2, 0.25) is 0 Å². The zero-order valence-electron chi connectivity index (χ0n) is 9.98. The zero-order chi connectivity index (χ0) is 10.5. The highest BCUT2D eigenvalue weighted by Crippen LogP contribution is 2.34. The van der Waals surface area contributed by atoms with Crippen molar-refractivity contribution >= 4 is 12.6 Å². The van der Waals surface area contributed by atoms with Gasteiger partial charge < -0.3 is 0 Å². The Morgan fingerprint density at radius 1 is 0.923 bits per heavy atom. The predicted octanol–water partition coefficient (Wildman–Crippen LogP) is 4.69. The van der Waals surface area contributed by atoms with Crippen molar-refractivity contribution in [3.05, 3.63) is 0 Å². The average molecular weight is 202 g/mol. The summed E-state index contributed by atoms with van der Waals surface area (Å²) < 4.78 is 0.251. The van der Waals surface area contributed by atoms with E-state index >= 15 is 0 Å². The number of hydrogen-bond donors (Lipinski definition) is 1. The predicted molar refractivity (Wildman–Crippen MR) is 65.6 cm³/mol. The minimum absolute atomic E-state index is 0.251. The molecule has 0 spiro atoms. The van der Waals surface area contributed by atoms with Crippen LogP contribution in [0.25, 0.3) is 0 Å². The molecule has 0 aliphatic carbocycles. The van der Waals surface area contributed by atoms with Crippen molar-refractivity contribution in [3.63, 3.8) is 0 Å². The molecular formula is C12H26S. The van der Waals surface area contributed by atoms with E-state index in [1.165, 1.54) is 32.1 Å². The van der Waals surface area contributed by atoms with E-state index in [1.54, 1.807) is 0 Å². The third-order valence-electron chi connectivity index (χ3n) is 3.09. The molecule has 0 fully saturated rings. The Morgan fingerprint density at radius 2 is 1.46 bits per heavy atom. The van der Waals surface area contributed by atoms with Gasteiger partial charge in [0.05, 0.1) is 0 Å². The maximum Gasteiger partial charge on any atom is 0.0101 e. The lowest BCUT2D eigenvalue weighted by Gasteiger charge is -2.29. The van der Waals surface area contributed by atoms with Gasteiger partial charge in [0.1, 0.15) is 0 Å². The summed E-state index contributed by atoms with van der Waals surface area (Å²) in [5.74, 6) is 0. The smallest absolute Gasteiger partial charge is 0.0101 e. The Hall–Kier alpha value is 0.350. The van der Waals surface area contributed by atoms with Crippen LogP contribution in [0.2, 0.25) is 0 Å². The molecule has 0 aliphatic rings. The summed E-state index contributed by atoms with van der Waals surface area (Å²) in [6.07, 6.45) is 6.28. The van der Waals surface area contributed by atoms with Crippen LogP contribution in [-0.4, -0.2) is 4.75 Å². The largest absolute Gasteiger partial charge is 0.173 e. The molecule has 0 saturated heterocycles. The second-order valence-corrected chi connectivity index (χ2v) is 6.34. The van der Waals surface area contributed by atoms with E-state index in [9.17, 15) is 0 Å². The molecule has 1 atom stereocenters. The first kappa shape index (κ1) is 13.4. The Balaban J connectivity index is 3.86. The van der Waals surface area contributed by atoms with Gasteiger partial charge in [-0.3, -0.25) is 0 Å². The molecule has 0 aromatic carbocycles. The van der Waals surface area contributed by atoms with E-state index in [0.29, 0.717) is 5.41 Å². The van der Waals surface area contributed by atoms with E-state index < -0.39 is 0 Å². The fraction of sp³-hybridized carbons (Fsp3) is 1.00. The van der Waals surface area contributed by atoms with Gasteiger partial charge >= 0.3 is 0 Å². The summed E-state index contributed by atoms with van der Waals surface area (Å²) in [6.45, 7) is 11.5. The molecule has 0 aromatic heterocycles. The number of thiol groups is 1. The molecule has 0 heterocycles. The number of rotatable bonds is 6. The van der Waals surface area contributed by atoms with Crippen LogP contribution in [0.15, 0.2) is 0 Å². The monoisotopic (exact) mass is 202 g/mol. The van der Waals surface area contributed by atoms with E-state index in [-0.39, 0.29) is 4.75 Å². The molecule has 0 saturated carbocycles. The van der Waals surface area contributed by atoms with Crippen LogP contribution in [-0.2, 0) is 0 Å². The highest BCUT2D eigenvalue weighted by molar-refractivity contribution is 7.81. The van der Waals surface area contributed by atoms with Crippen LogP contribution in [0.4, 0.5) is 0 Å². The quantitative estimate of drug-likeness (QED) is 0.593. The highest BCUT2D eigenvalue weighted by atomic mass is 32.1.